The lowest BCUT2D eigenvalue weighted by Crippen LogP contribution is -2.11. The molecule has 3 nitrogen and oxygen atoms in total. The van der Waals surface area contributed by atoms with E-state index < -0.39 is 0 Å². The Morgan fingerprint density at radius 1 is 1.54 bits per heavy atom. The van der Waals surface area contributed by atoms with Crippen molar-refractivity contribution in [1.82, 2.24) is 5.01 Å². The largest absolute Gasteiger partial charge is 0.237 e. The standard InChI is InChI=1S/C8H11N3.C2H6/c1-4-8-10-5-7(2)6-11(8)9-3;1-2/h4-6H,3H2,1-2H3;1-2H3/b8-4-;. The molecule has 1 aliphatic heterocycles. The van der Waals surface area contributed by atoms with Crippen LogP contribution in [0.15, 0.2) is 33.8 Å². The molecule has 0 aromatic carbocycles. The van der Waals surface area contributed by atoms with Crippen molar-refractivity contribution in [2.24, 2.45) is 10.1 Å². The van der Waals surface area contributed by atoms with Crippen LogP contribution in [0.4, 0.5) is 0 Å². The van der Waals surface area contributed by atoms with Crippen molar-refractivity contribution in [3.8, 4) is 0 Å². The van der Waals surface area contributed by atoms with E-state index in [0.29, 0.717) is 0 Å². The van der Waals surface area contributed by atoms with Crippen LogP contribution in [0.2, 0.25) is 0 Å². The zero-order valence-corrected chi connectivity index (χ0v) is 8.78. The van der Waals surface area contributed by atoms with Gasteiger partial charge in [0.05, 0.1) is 0 Å². The summed E-state index contributed by atoms with van der Waals surface area (Å²) in [6, 6.07) is 0. The molecule has 0 aromatic heterocycles. The Balaban J connectivity index is 0.000000671. The molecule has 0 saturated carbocycles. The molecule has 0 amide bonds. The van der Waals surface area contributed by atoms with Gasteiger partial charge < -0.3 is 0 Å². The van der Waals surface area contributed by atoms with Crippen LogP contribution < -0.4 is 0 Å². The molecule has 0 N–H and O–H groups in total. The second-order valence-electron chi connectivity index (χ2n) is 2.26. The summed E-state index contributed by atoms with van der Waals surface area (Å²) in [5.41, 5.74) is 1.07. The summed E-state index contributed by atoms with van der Waals surface area (Å²) in [6.07, 6.45) is 5.57. The van der Waals surface area contributed by atoms with Gasteiger partial charge in [0.25, 0.3) is 0 Å². The molecule has 1 heterocycles. The smallest absolute Gasteiger partial charge is 0.148 e. The average molecular weight is 179 g/mol. The van der Waals surface area contributed by atoms with Crippen molar-refractivity contribution in [3.63, 3.8) is 0 Å². The summed E-state index contributed by atoms with van der Waals surface area (Å²) < 4.78 is 0. The van der Waals surface area contributed by atoms with Gasteiger partial charge in [-0.1, -0.05) is 13.8 Å². The molecular weight excluding hydrogens is 162 g/mol. The molecule has 3 heteroatoms. The van der Waals surface area contributed by atoms with Crippen molar-refractivity contribution < 1.29 is 0 Å². The van der Waals surface area contributed by atoms with Gasteiger partial charge >= 0.3 is 0 Å². The van der Waals surface area contributed by atoms with Crippen molar-refractivity contribution in [2.45, 2.75) is 27.7 Å². The zero-order valence-electron chi connectivity index (χ0n) is 8.78. The van der Waals surface area contributed by atoms with Crippen molar-refractivity contribution in [1.29, 1.82) is 0 Å². The molecule has 0 spiro atoms. The fraction of sp³-hybridized carbons (Fsp3) is 0.400. The molecule has 1 aliphatic rings. The normalized spacial score (nSPS) is 17.7. The van der Waals surface area contributed by atoms with Crippen LogP contribution in [-0.4, -0.2) is 17.9 Å². The summed E-state index contributed by atoms with van der Waals surface area (Å²) in [5.74, 6) is 0.811. The third-order valence-corrected chi connectivity index (χ3v) is 1.37. The summed E-state index contributed by atoms with van der Waals surface area (Å²) >= 11 is 0. The first-order valence-corrected chi connectivity index (χ1v) is 4.42. The SMILES string of the molecule is C=NN1C=C(C)C=N/C1=C/C.CC. The summed E-state index contributed by atoms with van der Waals surface area (Å²) in [6.45, 7) is 11.3. The minimum absolute atomic E-state index is 0.811. The van der Waals surface area contributed by atoms with Gasteiger partial charge in [0.15, 0.2) is 0 Å². The first-order valence-electron chi connectivity index (χ1n) is 4.42. The lowest BCUT2D eigenvalue weighted by Gasteiger charge is -2.17. The molecule has 0 radical (unpaired) electrons. The minimum Gasteiger partial charge on any atom is -0.237 e. The number of nitrogens with zero attached hydrogens (tertiary/aromatic N) is 3. The van der Waals surface area contributed by atoms with Gasteiger partial charge in [-0.3, -0.25) is 0 Å². The predicted octanol–water partition coefficient (Wildman–Crippen LogP) is 2.78. The number of hydrazone groups is 1. The van der Waals surface area contributed by atoms with Gasteiger partial charge in [-0.05, 0) is 25.5 Å². The van der Waals surface area contributed by atoms with Crippen molar-refractivity contribution >= 4 is 12.9 Å². The van der Waals surface area contributed by atoms with Crippen LogP contribution in [0, 0.1) is 0 Å². The van der Waals surface area contributed by atoms with E-state index in [0.717, 1.165) is 11.4 Å². The highest BCUT2D eigenvalue weighted by Gasteiger charge is 2.05. The molecule has 1 rings (SSSR count). The summed E-state index contributed by atoms with van der Waals surface area (Å²) in [5, 5.41) is 5.42. The minimum atomic E-state index is 0.811. The van der Waals surface area contributed by atoms with E-state index in [1.165, 1.54) is 0 Å². The Bertz CT molecular complexity index is 249. The van der Waals surface area contributed by atoms with Gasteiger partial charge in [-0.2, -0.15) is 5.10 Å². The molecule has 0 aliphatic carbocycles. The van der Waals surface area contributed by atoms with Gasteiger partial charge in [0.1, 0.15) is 5.82 Å². The van der Waals surface area contributed by atoms with Gasteiger partial charge in [0.2, 0.25) is 0 Å². The first-order chi connectivity index (χ1) is 6.27. The van der Waals surface area contributed by atoms with E-state index in [1.54, 1.807) is 11.2 Å². The van der Waals surface area contributed by atoms with E-state index >= 15 is 0 Å². The Kier molecular flexibility index (Phi) is 5.52. The van der Waals surface area contributed by atoms with E-state index in [9.17, 15) is 0 Å². The average Bonchev–Trinajstić information content (AvgIpc) is 2.20. The van der Waals surface area contributed by atoms with E-state index in [1.807, 2.05) is 40.0 Å². The maximum Gasteiger partial charge on any atom is 0.148 e. The molecule has 72 valence electrons. The van der Waals surface area contributed by atoms with E-state index in [4.69, 9.17) is 0 Å². The quantitative estimate of drug-likeness (QED) is 0.569. The van der Waals surface area contributed by atoms with Crippen LogP contribution in [0.25, 0.3) is 0 Å². The van der Waals surface area contributed by atoms with Gasteiger partial charge in [-0.15, -0.1) is 0 Å². The lowest BCUT2D eigenvalue weighted by atomic mass is 10.3. The van der Waals surface area contributed by atoms with Crippen molar-refractivity contribution in [2.75, 3.05) is 0 Å². The van der Waals surface area contributed by atoms with Gasteiger partial charge in [0, 0.05) is 19.1 Å². The fourth-order valence-electron chi connectivity index (χ4n) is 0.840. The summed E-state index contributed by atoms with van der Waals surface area (Å²) in [7, 11) is 0. The number of rotatable bonds is 1. The third kappa shape index (κ3) is 3.23. The molecule has 0 fully saturated rings. The molecular formula is C10H17N3. The Morgan fingerprint density at radius 2 is 2.15 bits per heavy atom. The molecule has 0 atom stereocenters. The lowest BCUT2D eigenvalue weighted by molar-refractivity contribution is 0.489. The monoisotopic (exact) mass is 179 g/mol. The summed E-state index contributed by atoms with van der Waals surface area (Å²) in [4.78, 5) is 4.14. The molecule has 0 bridgehead atoms. The highest BCUT2D eigenvalue weighted by atomic mass is 15.5. The number of allylic oxidation sites excluding steroid dienone is 2. The fourth-order valence-corrected chi connectivity index (χ4v) is 0.840. The van der Waals surface area contributed by atoms with E-state index in [-0.39, 0.29) is 0 Å². The van der Waals surface area contributed by atoms with Crippen LogP contribution in [0.3, 0.4) is 0 Å². The van der Waals surface area contributed by atoms with Crippen LogP contribution in [0.1, 0.15) is 27.7 Å². The Labute approximate surface area is 80.2 Å². The maximum absolute atomic E-state index is 4.14. The predicted molar refractivity (Wildman–Crippen MR) is 58.7 cm³/mol. The molecule has 13 heavy (non-hydrogen) atoms. The zero-order chi connectivity index (χ0) is 10.3. The molecule has 0 aromatic rings. The number of hydrogen-bond donors (Lipinski definition) is 0. The molecule has 0 saturated heterocycles. The van der Waals surface area contributed by atoms with Crippen LogP contribution in [0.5, 0.6) is 0 Å². The van der Waals surface area contributed by atoms with Crippen LogP contribution in [-0.2, 0) is 0 Å². The van der Waals surface area contributed by atoms with Crippen molar-refractivity contribution in [3.05, 3.63) is 23.7 Å². The molecule has 0 unspecified atom stereocenters. The van der Waals surface area contributed by atoms with E-state index in [2.05, 4.69) is 16.8 Å². The Morgan fingerprint density at radius 3 is 2.62 bits per heavy atom. The highest BCUT2D eigenvalue weighted by molar-refractivity contribution is 5.79. The Hall–Kier alpha value is -1.38. The highest BCUT2D eigenvalue weighted by Crippen LogP contribution is 2.12. The number of hydrogen-bond acceptors (Lipinski definition) is 3. The third-order valence-electron chi connectivity index (χ3n) is 1.37. The topological polar surface area (TPSA) is 28.0 Å². The first kappa shape index (κ1) is 11.6. The maximum atomic E-state index is 4.14. The number of aliphatic imine (C=N–C) groups is 1. The van der Waals surface area contributed by atoms with Gasteiger partial charge in [-0.25, -0.2) is 10.0 Å². The second kappa shape index (κ2) is 6.17. The van der Waals surface area contributed by atoms with Crippen LogP contribution >= 0.6 is 0 Å². The second-order valence-corrected chi connectivity index (χ2v) is 2.26.